The first-order valence-electron chi connectivity index (χ1n) is 7.67. The van der Waals surface area contributed by atoms with Gasteiger partial charge in [-0.15, -0.1) is 0 Å². The van der Waals surface area contributed by atoms with E-state index in [9.17, 15) is 0 Å². The van der Waals surface area contributed by atoms with E-state index in [-0.39, 0.29) is 6.04 Å². The molecule has 0 spiro atoms. The number of fused-ring (bicyclic) bond motifs is 1. The summed E-state index contributed by atoms with van der Waals surface area (Å²) in [6, 6.07) is 0.263. The lowest BCUT2D eigenvalue weighted by molar-refractivity contribution is 0.469. The highest BCUT2D eigenvalue weighted by atomic mass is 35.5. The second-order valence-corrected chi connectivity index (χ2v) is 6.46. The van der Waals surface area contributed by atoms with Crippen molar-refractivity contribution < 1.29 is 0 Å². The zero-order valence-corrected chi connectivity index (χ0v) is 12.7. The molecule has 0 saturated heterocycles. The number of aryl methyl sites for hydroxylation is 2. The molecule has 2 fully saturated rings. The van der Waals surface area contributed by atoms with Crippen LogP contribution in [0.1, 0.15) is 44.5 Å². The van der Waals surface area contributed by atoms with Gasteiger partial charge in [-0.05, 0) is 43.9 Å². The maximum atomic E-state index is 6.46. The second-order valence-electron chi connectivity index (χ2n) is 6.08. The largest absolute Gasteiger partial charge is 0.327 e. The normalized spacial score (nSPS) is 30.4. The summed E-state index contributed by atoms with van der Waals surface area (Å²) in [6.07, 6.45) is 5.97. The predicted octanol–water partition coefficient (Wildman–Crippen LogP) is 3.03. The average Bonchev–Trinajstić information content (AvgIpc) is 2.77. The average molecular weight is 282 g/mol. The molecular weight excluding hydrogens is 258 g/mol. The van der Waals surface area contributed by atoms with Gasteiger partial charge in [-0.3, -0.25) is 4.68 Å². The molecule has 1 aromatic heterocycles. The van der Waals surface area contributed by atoms with Crippen LogP contribution >= 0.6 is 11.6 Å². The van der Waals surface area contributed by atoms with Gasteiger partial charge < -0.3 is 5.73 Å². The van der Waals surface area contributed by atoms with Crippen molar-refractivity contribution in [2.75, 3.05) is 0 Å². The van der Waals surface area contributed by atoms with Crippen LogP contribution in [0.2, 0.25) is 5.02 Å². The minimum Gasteiger partial charge on any atom is -0.327 e. The van der Waals surface area contributed by atoms with Crippen molar-refractivity contribution >= 4 is 11.6 Å². The molecule has 1 heterocycles. The highest BCUT2D eigenvalue weighted by Crippen LogP contribution is 2.58. The lowest BCUT2D eigenvalue weighted by atomic mass is 10.0. The summed E-state index contributed by atoms with van der Waals surface area (Å²) in [6.45, 7) is 5.09. The maximum Gasteiger partial charge on any atom is 0.0850 e. The second kappa shape index (κ2) is 5.10. The van der Waals surface area contributed by atoms with Crippen LogP contribution in [0.25, 0.3) is 0 Å². The monoisotopic (exact) mass is 281 g/mol. The molecule has 0 aliphatic heterocycles. The topological polar surface area (TPSA) is 43.8 Å². The van der Waals surface area contributed by atoms with Crippen molar-refractivity contribution in [1.29, 1.82) is 0 Å². The standard InChI is InChI=1S/C15H24ClN3/c1-3-12-15(16)13(19(4-2)18-12)8-11(17)14-9-6-5-7-10(9)14/h9-11,14H,3-8,17H2,1-2H3. The van der Waals surface area contributed by atoms with E-state index in [1.807, 2.05) is 4.68 Å². The van der Waals surface area contributed by atoms with Crippen LogP contribution in [-0.4, -0.2) is 15.8 Å². The Balaban J connectivity index is 1.74. The fourth-order valence-electron chi connectivity index (χ4n) is 4.08. The van der Waals surface area contributed by atoms with Crippen LogP contribution in [0.3, 0.4) is 0 Å². The van der Waals surface area contributed by atoms with E-state index in [4.69, 9.17) is 17.3 Å². The molecular formula is C15H24ClN3. The van der Waals surface area contributed by atoms with E-state index >= 15 is 0 Å². The summed E-state index contributed by atoms with van der Waals surface area (Å²) in [5.74, 6) is 2.57. The molecule has 0 aromatic carbocycles. The molecule has 0 radical (unpaired) electrons. The van der Waals surface area contributed by atoms with Gasteiger partial charge in [-0.1, -0.05) is 24.9 Å². The number of nitrogens with two attached hydrogens (primary N) is 1. The summed E-state index contributed by atoms with van der Waals surface area (Å²) in [5.41, 5.74) is 8.61. The fraction of sp³-hybridized carbons (Fsp3) is 0.800. The predicted molar refractivity (Wildman–Crippen MR) is 78.3 cm³/mol. The Morgan fingerprint density at radius 2 is 2.05 bits per heavy atom. The van der Waals surface area contributed by atoms with Gasteiger partial charge >= 0.3 is 0 Å². The first-order chi connectivity index (χ1) is 9.17. The molecule has 2 aliphatic carbocycles. The Hall–Kier alpha value is -0.540. The number of hydrogen-bond donors (Lipinski definition) is 1. The van der Waals surface area contributed by atoms with Crippen molar-refractivity contribution in [3.8, 4) is 0 Å². The van der Waals surface area contributed by atoms with Crippen LogP contribution in [0.5, 0.6) is 0 Å². The molecule has 4 heteroatoms. The van der Waals surface area contributed by atoms with E-state index < -0.39 is 0 Å². The van der Waals surface area contributed by atoms with Crippen LogP contribution in [0.15, 0.2) is 0 Å². The number of aromatic nitrogens is 2. The Bertz CT molecular complexity index is 458. The van der Waals surface area contributed by atoms with Crippen molar-refractivity contribution in [2.45, 2.75) is 58.5 Å². The summed E-state index contributed by atoms with van der Waals surface area (Å²) >= 11 is 6.46. The minimum absolute atomic E-state index is 0.263. The van der Waals surface area contributed by atoms with Gasteiger partial charge in [-0.2, -0.15) is 5.10 Å². The Labute approximate surface area is 120 Å². The number of halogens is 1. The van der Waals surface area contributed by atoms with E-state index in [1.54, 1.807) is 0 Å². The fourth-order valence-corrected chi connectivity index (χ4v) is 4.43. The van der Waals surface area contributed by atoms with Crippen LogP contribution in [0, 0.1) is 17.8 Å². The third-order valence-corrected chi connectivity index (χ3v) is 5.53. The summed E-state index contributed by atoms with van der Waals surface area (Å²) < 4.78 is 2.04. The maximum absolute atomic E-state index is 6.46. The quantitative estimate of drug-likeness (QED) is 0.901. The summed E-state index contributed by atoms with van der Waals surface area (Å²) in [7, 11) is 0. The Kier molecular flexibility index (Phi) is 3.61. The summed E-state index contributed by atoms with van der Waals surface area (Å²) in [4.78, 5) is 0. The number of rotatable bonds is 5. The molecule has 19 heavy (non-hydrogen) atoms. The first-order valence-corrected chi connectivity index (χ1v) is 8.04. The molecule has 3 nitrogen and oxygen atoms in total. The van der Waals surface area contributed by atoms with Gasteiger partial charge in [0.2, 0.25) is 0 Å². The molecule has 1 aromatic rings. The van der Waals surface area contributed by atoms with Crippen molar-refractivity contribution in [3.05, 3.63) is 16.4 Å². The first kappa shape index (κ1) is 13.4. The van der Waals surface area contributed by atoms with Gasteiger partial charge in [0.1, 0.15) is 0 Å². The van der Waals surface area contributed by atoms with Gasteiger partial charge in [0.15, 0.2) is 0 Å². The minimum atomic E-state index is 0.263. The van der Waals surface area contributed by atoms with Gasteiger partial charge in [0.05, 0.1) is 16.4 Å². The molecule has 0 bridgehead atoms. The molecule has 0 amide bonds. The van der Waals surface area contributed by atoms with Crippen LogP contribution in [0.4, 0.5) is 0 Å². The molecule has 2 aliphatic rings. The highest BCUT2D eigenvalue weighted by molar-refractivity contribution is 6.31. The third kappa shape index (κ3) is 2.21. The zero-order chi connectivity index (χ0) is 13.6. The van der Waals surface area contributed by atoms with E-state index in [2.05, 4.69) is 18.9 Å². The van der Waals surface area contributed by atoms with Crippen LogP contribution in [-0.2, 0) is 19.4 Å². The van der Waals surface area contributed by atoms with Crippen LogP contribution < -0.4 is 5.73 Å². The van der Waals surface area contributed by atoms with Gasteiger partial charge in [0.25, 0.3) is 0 Å². The number of hydrogen-bond acceptors (Lipinski definition) is 2. The lowest BCUT2D eigenvalue weighted by Crippen LogP contribution is -2.28. The van der Waals surface area contributed by atoms with Gasteiger partial charge in [0, 0.05) is 19.0 Å². The highest BCUT2D eigenvalue weighted by Gasteiger charge is 2.54. The third-order valence-electron chi connectivity index (χ3n) is 5.09. The molecule has 3 atom stereocenters. The molecule has 106 valence electrons. The van der Waals surface area contributed by atoms with Gasteiger partial charge in [-0.25, -0.2) is 0 Å². The summed E-state index contributed by atoms with van der Waals surface area (Å²) in [5, 5.41) is 5.43. The Morgan fingerprint density at radius 1 is 1.37 bits per heavy atom. The SMILES string of the molecule is CCc1nn(CC)c(CC(N)C2C3CCCC32)c1Cl. The molecule has 3 rings (SSSR count). The zero-order valence-electron chi connectivity index (χ0n) is 11.9. The Morgan fingerprint density at radius 3 is 2.63 bits per heavy atom. The number of nitrogens with zero attached hydrogens (tertiary/aromatic N) is 2. The molecule has 3 unspecified atom stereocenters. The van der Waals surface area contributed by atoms with E-state index in [0.717, 1.165) is 53.6 Å². The lowest BCUT2D eigenvalue weighted by Gasteiger charge is -2.14. The molecule has 2 N–H and O–H groups in total. The van der Waals surface area contributed by atoms with Crippen molar-refractivity contribution in [1.82, 2.24) is 9.78 Å². The van der Waals surface area contributed by atoms with Crippen molar-refractivity contribution in [3.63, 3.8) is 0 Å². The van der Waals surface area contributed by atoms with E-state index in [1.165, 1.54) is 19.3 Å². The van der Waals surface area contributed by atoms with E-state index in [0.29, 0.717) is 0 Å². The smallest absolute Gasteiger partial charge is 0.0850 e. The van der Waals surface area contributed by atoms with Crippen molar-refractivity contribution in [2.24, 2.45) is 23.5 Å². The molecule has 2 saturated carbocycles.